The van der Waals surface area contributed by atoms with E-state index in [-0.39, 0.29) is 5.91 Å². The Morgan fingerprint density at radius 2 is 2.12 bits per heavy atom. The maximum atomic E-state index is 12.1. The quantitative estimate of drug-likeness (QED) is 0.799. The summed E-state index contributed by atoms with van der Waals surface area (Å²) in [4.78, 5) is 21.6. The van der Waals surface area contributed by atoms with Crippen LogP contribution in [0.1, 0.15) is 10.4 Å². The van der Waals surface area contributed by atoms with E-state index in [9.17, 15) is 4.79 Å². The van der Waals surface area contributed by atoms with E-state index >= 15 is 0 Å². The Bertz CT molecular complexity index is 513. The lowest BCUT2D eigenvalue weighted by molar-refractivity contribution is 0.0992. The molecule has 5 heteroatoms. The van der Waals surface area contributed by atoms with Crippen LogP contribution in [0.3, 0.4) is 0 Å². The van der Waals surface area contributed by atoms with Crippen molar-refractivity contribution in [3.63, 3.8) is 0 Å². The third kappa shape index (κ3) is 2.68. The zero-order chi connectivity index (χ0) is 12.3. The summed E-state index contributed by atoms with van der Waals surface area (Å²) in [6.45, 7) is 0. The van der Waals surface area contributed by atoms with Crippen LogP contribution in [0.4, 0.5) is 5.69 Å². The van der Waals surface area contributed by atoms with Crippen molar-refractivity contribution in [1.29, 1.82) is 0 Å². The number of anilines is 1. The van der Waals surface area contributed by atoms with Crippen LogP contribution in [0.15, 0.2) is 47.5 Å². The average molecular weight is 292 g/mol. The van der Waals surface area contributed by atoms with Crippen LogP contribution < -0.4 is 4.90 Å². The number of carbonyl (C=O) groups is 1. The summed E-state index contributed by atoms with van der Waals surface area (Å²) >= 11 is 3.23. The van der Waals surface area contributed by atoms with Gasteiger partial charge < -0.3 is 4.90 Å². The van der Waals surface area contributed by atoms with E-state index in [1.807, 2.05) is 6.07 Å². The molecule has 0 saturated carbocycles. The Labute approximate surface area is 107 Å². The number of hydrogen-bond acceptors (Lipinski definition) is 3. The minimum absolute atomic E-state index is 0.113. The summed E-state index contributed by atoms with van der Waals surface area (Å²) in [5.41, 5.74) is 1.29. The van der Waals surface area contributed by atoms with Crippen molar-refractivity contribution >= 4 is 27.5 Å². The van der Waals surface area contributed by atoms with Crippen molar-refractivity contribution in [2.24, 2.45) is 0 Å². The molecule has 2 aromatic heterocycles. The second-order valence-electron chi connectivity index (χ2n) is 3.44. The lowest BCUT2D eigenvalue weighted by Crippen LogP contribution is -2.26. The van der Waals surface area contributed by atoms with E-state index in [1.165, 1.54) is 4.90 Å². The number of carbonyl (C=O) groups excluding carboxylic acids is 1. The van der Waals surface area contributed by atoms with Crippen molar-refractivity contribution in [1.82, 2.24) is 9.97 Å². The SMILES string of the molecule is CN(C(=O)c1ccc(Br)nc1)c1cccnc1. The fourth-order valence-corrected chi connectivity index (χ4v) is 1.60. The molecule has 1 amide bonds. The van der Waals surface area contributed by atoms with Crippen molar-refractivity contribution in [2.45, 2.75) is 0 Å². The number of nitrogens with zero attached hydrogens (tertiary/aromatic N) is 3. The lowest BCUT2D eigenvalue weighted by Gasteiger charge is -2.16. The van der Waals surface area contributed by atoms with E-state index < -0.39 is 0 Å². The standard InChI is InChI=1S/C12H10BrN3O/c1-16(10-3-2-6-14-8-10)12(17)9-4-5-11(13)15-7-9/h2-8H,1H3. The van der Waals surface area contributed by atoms with Gasteiger partial charge in [0.15, 0.2) is 0 Å². The zero-order valence-corrected chi connectivity index (χ0v) is 10.8. The Hall–Kier alpha value is -1.75. The van der Waals surface area contributed by atoms with Crippen LogP contribution in [-0.4, -0.2) is 22.9 Å². The van der Waals surface area contributed by atoms with E-state index in [2.05, 4.69) is 25.9 Å². The highest BCUT2D eigenvalue weighted by molar-refractivity contribution is 9.10. The maximum Gasteiger partial charge on any atom is 0.259 e. The first kappa shape index (κ1) is 11.7. The van der Waals surface area contributed by atoms with Gasteiger partial charge in [-0.05, 0) is 40.2 Å². The molecule has 86 valence electrons. The molecule has 0 bridgehead atoms. The molecule has 17 heavy (non-hydrogen) atoms. The highest BCUT2D eigenvalue weighted by Crippen LogP contribution is 2.14. The van der Waals surface area contributed by atoms with Crippen LogP contribution in [-0.2, 0) is 0 Å². The summed E-state index contributed by atoms with van der Waals surface area (Å²) in [6.07, 6.45) is 4.85. The molecule has 2 rings (SSSR count). The van der Waals surface area contributed by atoms with Gasteiger partial charge in [0, 0.05) is 19.4 Å². The van der Waals surface area contributed by atoms with Crippen LogP contribution in [0.5, 0.6) is 0 Å². The molecule has 0 unspecified atom stereocenters. The van der Waals surface area contributed by atoms with E-state index in [1.54, 1.807) is 43.8 Å². The fraction of sp³-hybridized carbons (Fsp3) is 0.0833. The van der Waals surface area contributed by atoms with Crippen LogP contribution >= 0.6 is 15.9 Å². The van der Waals surface area contributed by atoms with Gasteiger partial charge in [0.2, 0.25) is 0 Å². The molecule has 4 nitrogen and oxygen atoms in total. The first-order chi connectivity index (χ1) is 8.18. The van der Waals surface area contributed by atoms with Gasteiger partial charge in [0.25, 0.3) is 5.91 Å². The Kier molecular flexibility index (Phi) is 3.49. The Balaban J connectivity index is 2.23. The highest BCUT2D eigenvalue weighted by atomic mass is 79.9. The molecular formula is C12H10BrN3O. The average Bonchev–Trinajstić information content (AvgIpc) is 2.39. The van der Waals surface area contributed by atoms with Gasteiger partial charge in [-0.3, -0.25) is 9.78 Å². The smallest absolute Gasteiger partial charge is 0.259 e. The largest absolute Gasteiger partial charge is 0.310 e. The predicted molar refractivity (Wildman–Crippen MR) is 68.9 cm³/mol. The Morgan fingerprint density at radius 1 is 1.29 bits per heavy atom. The first-order valence-electron chi connectivity index (χ1n) is 4.98. The lowest BCUT2D eigenvalue weighted by atomic mass is 10.2. The minimum Gasteiger partial charge on any atom is -0.310 e. The molecule has 0 N–H and O–H groups in total. The number of pyridine rings is 2. The molecule has 0 fully saturated rings. The zero-order valence-electron chi connectivity index (χ0n) is 9.17. The molecule has 2 aromatic rings. The summed E-state index contributed by atoms with van der Waals surface area (Å²) in [6, 6.07) is 7.09. The van der Waals surface area contributed by atoms with Crippen molar-refractivity contribution < 1.29 is 4.79 Å². The topological polar surface area (TPSA) is 46.1 Å². The molecule has 0 aromatic carbocycles. The molecule has 0 spiro atoms. The molecule has 0 aliphatic heterocycles. The summed E-state index contributed by atoms with van der Waals surface area (Å²) in [5, 5.41) is 0. The van der Waals surface area contributed by atoms with Crippen molar-refractivity contribution in [2.75, 3.05) is 11.9 Å². The van der Waals surface area contributed by atoms with Gasteiger partial charge in [0.05, 0.1) is 17.4 Å². The Morgan fingerprint density at radius 3 is 2.71 bits per heavy atom. The number of aromatic nitrogens is 2. The fourth-order valence-electron chi connectivity index (χ4n) is 1.37. The van der Waals surface area contributed by atoms with E-state index in [0.717, 1.165) is 5.69 Å². The maximum absolute atomic E-state index is 12.1. The monoisotopic (exact) mass is 291 g/mol. The van der Waals surface area contributed by atoms with Crippen LogP contribution in [0.2, 0.25) is 0 Å². The molecule has 0 aliphatic rings. The van der Waals surface area contributed by atoms with Gasteiger partial charge in [-0.25, -0.2) is 4.98 Å². The highest BCUT2D eigenvalue weighted by Gasteiger charge is 2.13. The third-order valence-corrected chi connectivity index (χ3v) is 2.78. The van der Waals surface area contributed by atoms with Crippen molar-refractivity contribution in [3.05, 3.63) is 53.0 Å². The van der Waals surface area contributed by atoms with E-state index in [4.69, 9.17) is 0 Å². The summed E-state index contributed by atoms with van der Waals surface area (Å²) in [5.74, 6) is -0.113. The van der Waals surface area contributed by atoms with Crippen molar-refractivity contribution in [3.8, 4) is 0 Å². The van der Waals surface area contributed by atoms with Gasteiger partial charge in [0.1, 0.15) is 4.60 Å². The molecule has 0 saturated heterocycles. The van der Waals surface area contributed by atoms with Crippen LogP contribution in [0.25, 0.3) is 0 Å². The van der Waals surface area contributed by atoms with Crippen LogP contribution in [0, 0.1) is 0 Å². The molecule has 0 radical (unpaired) electrons. The normalized spacial score (nSPS) is 10.0. The second kappa shape index (κ2) is 5.05. The molecule has 2 heterocycles. The molecular weight excluding hydrogens is 282 g/mol. The number of hydrogen-bond donors (Lipinski definition) is 0. The predicted octanol–water partition coefficient (Wildman–Crippen LogP) is 2.52. The van der Waals surface area contributed by atoms with E-state index in [0.29, 0.717) is 10.2 Å². The second-order valence-corrected chi connectivity index (χ2v) is 4.26. The number of halogens is 1. The minimum atomic E-state index is -0.113. The van der Waals surface area contributed by atoms with Gasteiger partial charge >= 0.3 is 0 Å². The number of rotatable bonds is 2. The first-order valence-corrected chi connectivity index (χ1v) is 5.77. The number of amides is 1. The third-order valence-electron chi connectivity index (χ3n) is 2.31. The summed E-state index contributed by atoms with van der Waals surface area (Å²) in [7, 11) is 1.71. The van der Waals surface area contributed by atoms with Gasteiger partial charge in [-0.15, -0.1) is 0 Å². The van der Waals surface area contributed by atoms with Gasteiger partial charge in [-0.1, -0.05) is 0 Å². The molecule has 0 aliphatic carbocycles. The van der Waals surface area contributed by atoms with Gasteiger partial charge in [-0.2, -0.15) is 0 Å². The summed E-state index contributed by atoms with van der Waals surface area (Å²) < 4.78 is 0.707. The molecule has 0 atom stereocenters.